The summed E-state index contributed by atoms with van der Waals surface area (Å²) in [6, 6.07) is 16.5. The van der Waals surface area contributed by atoms with E-state index in [9.17, 15) is 33.9 Å². The molecule has 4 atom stereocenters. The molecule has 0 bridgehead atoms. The number of aryl methyl sites for hydroxylation is 1. The van der Waals surface area contributed by atoms with E-state index in [0.717, 1.165) is 27.8 Å². The van der Waals surface area contributed by atoms with E-state index in [-0.39, 0.29) is 62.1 Å². The number of nitrogens with zero attached hydrogens (tertiary/aromatic N) is 2. The fourth-order valence-corrected chi connectivity index (χ4v) is 10.4. The highest BCUT2D eigenvalue weighted by molar-refractivity contribution is 5.95. The fourth-order valence-electron chi connectivity index (χ4n) is 10.4. The zero-order chi connectivity index (χ0) is 48.9. The number of benzene rings is 3. The molecule has 0 spiro atoms. The number of nitrogens with two attached hydrogens (primary N) is 1. The van der Waals surface area contributed by atoms with Crippen LogP contribution in [0.5, 0.6) is 0 Å². The molecule has 360 valence electrons. The number of halogens is 1. The molecule has 7 N–H and O–H groups in total. The van der Waals surface area contributed by atoms with Gasteiger partial charge < -0.3 is 46.1 Å². The summed E-state index contributed by atoms with van der Waals surface area (Å²) in [4.78, 5) is 85.2. The Hall–Kier alpha value is -6.98. The maximum Gasteiger partial charge on any atom is 0.407 e. The summed E-state index contributed by atoms with van der Waals surface area (Å²) in [7, 11) is 0. The number of cyclic esters (lactones) is 1. The molecular formula is C52H56FN7O9. The molecule has 0 saturated heterocycles. The van der Waals surface area contributed by atoms with Crippen molar-refractivity contribution >= 4 is 40.7 Å². The maximum atomic E-state index is 15.4. The molecule has 0 radical (unpaired) electrons. The molecule has 16 nitrogen and oxygen atoms in total. The number of carbonyl (C=O) groups is 5. The third kappa shape index (κ3) is 8.51. The Kier molecular flexibility index (Phi) is 12.9. The topological polar surface area (TPSA) is 233 Å². The number of alkyl carbamates (subject to hydrolysis) is 1. The Labute approximate surface area is 397 Å². The van der Waals surface area contributed by atoms with Crippen molar-refractivity contribution in [2.45, 2.75) is 109 Å². The standard InChI is InChI=1S/C52H56FN7O9/c1-5-52(67)36-20-41-46-33(23-60(41)49(64)35(36)25-68-50(52)65)44-38(18-17-28-27(4)37(53)21-40(58-46)43(28)44)57-42(61)22-56-47(62)39(59-48(63)45(54)26(2)3)16-10-11-19-55-51(66)69-24-34-31-14-8-6-12-29(31)30-13-7-9-15-32(30)34/h6-9,12-15,20-21,26,34,38-39,45,67H,5,10-11,16-19,22-25,54H2,1-4H3,(H,55,66)(H,56,62)(H,57,61)(H,59,63)/t38-,39-,45-,52-/m0/s1. The molecule has 4 heterocycles. The summed E-state index contributed by atoms with van der Waals surface area (Å²) in [6.07, 6.45) is 1.25. The molecular weight excluding hydrogens is 886 g/mol. The minimum Gasteiger partial charge on any atom is -0.458 e. The van der Waals surface area contributed by atoms with E-state index in [0.29, 0.717) is 64.7 Å². The number of hydrogen-bond donors (Lipinski definition) is 6. The lowest BCUT2D eigenvalue weighted by atomic mass is 9.81. The maximum absolute atomic E-state index is 15.4. The summed E-state index contributed by atoms with van der Waals surface area (Å²) in [6.45, 7) is 6.63. The number of carbonyl (C=O) groups excluding carboxylic acids is 5. The third-order valence-corrected chi connectivity index (χ3v) is 14.3. The summed E-state index contributed by atoms with van der Waals surface area (Å²) in [5, 5.41) is 23.3. The predicted molar refractivity (Wildman–Crippen MR) is 253 cm³/mol. The van der Waals surface area contributed by atoms with E-state index in [1.54, 1.807) is 33.8 Å². The lowest BCUT2D eigenvalue weighted by Gasteiger charge is -2.31. The summed E-state index contributed by atoms with van der Waals surface area (Å²) in [5.74, 6) is -3.25. The highest BCUT2D eigenvalue weighted by Crippen LogP contribution is 2.47. The van der Waals surface area contributed by atoms with Gasteiger partial charge in [0.2, 0.25) is 17.7 Å². The predicted octanol–water partition coefficient (Wildman–Crippen LogP) is 4.92. The number of ether oxygens (including phenoxy) is 2. The molecule has 17 heteroatoms. The van der Waals surface area contributed by atoms with Crippen molar-refractivity contribution in [3.05, 3.63) is 121 Å². The number of fused-ring (bicyclic) bond motifs is 8. The Morgan fingerprint density at radius 2 is 1.70 bits per heavy atom. The van der Waals surface area contributed by atoms with Crippen molar-refractivity contribution in [2.75, 3.05) is 19.7 Å². The van der Waals surface area contributed by atoms with Gasteiger partial charge in [0, 0.05) is 35.0 Å². The highest BCUT2D eigenvalue weighted by atomic mass is 19.1. The van der Waals surface area contributed by atoms with E-state index in [1.807, 2.05) is 36.4 Å². The normalized spacial score (nSPS) is 18.3. The van der Waals surface area contributed by atoms with Crippen LogP contribution in [0.2, 0.25) is 0 Å². The van der Waals surface area contributed by atoms with Gasteiger partial charge in [-0.3, -0.25) is 19.2 Å². The van der Waals surface area contributed by atoms with Gasteiger partial charge in [0.05, 0.1) is 47.6 Å². The largest absolute Gasteiger partial charge is 0.458 e. The number of rotatable bonds is 15. The van der Waals surface area contributed by atoms with Gasteiger partial charge in [-0.25, -0.2) is 19.0 Å². The number of hydrogen-bond acceptors (Lipinski definition) is 11. The average molecular weight is 942 g/mol. The van der Waals surface area contributed by atoms with Crippen LogP contribution in [0.3, 0.4) is 0 Å². The number of aliphatic hydroxyl groups is 1. The number of esters is 1. The molecule has 0 unspecified atom stereocenters. The van der Waals surface area contributed by atoms with Gasteiger partial charge in [0.15, 0.2) is 5.60 Å². The molecule has 2 aliphatic heterocycles. The number of unbranched alkanes of at least 4 members (excludes halogenated alkanes) is 1. The molecule has 69 heavy (non-hydrogen) atoms. The van der Waals surface area contributed by atoms with Crippen molar-refractivity contribution in [1.29, 1.82) is 0 Å². The van der Waals surface area contributed by atoms with Crippen LogP contribution >= 0.6 is 0 Å². The van der Waals surface area contributed by atoms with E-state index in [2.05, 4.69) is 33.4 Å². The SMILES string of the molecule is CC[C@@]1(O)C(=O)OCc2c1cc1n(c2=O)Cc2c-1nc1cc(F)c(C)c3c1c2[C@@H](NC(=O)CNC(=O)[C@H](CCCCNC(=O)OCC1c2ccccc2-c2ccccc21)NC(=O)[C@@H](N)C(C)C)CC3. The third-order valence-electron chi connectivity index (χ3n) is 14.3. The first-order chi connectivity index (χ1) is 33.1. The Morgan fingerprint density at radius 1 is 0.986 bits per heavy atom. The second-order valence-corrected chi connectivity index (χ2v) is 18.8. The fraction of sp³-hybridized carbons (Fsp3) is 0.404. The van der Waals surface area contributed by atoms with Crippen molar-refractivity contribution < 1.29 is 42.9 Å². The van der Waals surface area contributed by atoms with Crippen LogP contribution in [-0.2, 0) is 53.8 Å². The second-order valence-electron chi connectivity index (χ2n) is 18.8. The van der Waals surface area contributed by atoms with E-state index < -0.39 is 71.4 Å². The van der Waals surface area contributed by atoms with Gasteiger partial charge in [-0.1, -0.05) is 69.3 Å². The van der Waals surface area contributed by atoms with Gasteiger partial charge in [-0.2, -0.15) is 0 Å². The monoisotopic (exact) mass is 941 g/mol. The van der Waals surface area contributed by atoms with Crippen molar-refractivity contribution in [3.63, 3.8) is 0 Å². The van der Waals surface area contributed by atoms with Crippen molar-refractivity contribution in [1.82, 2.24) is 30.8 Å². The van der Waals surface area contributed by atoms with Crippen LogP contribution in [0.25, 0.3) is 33.4 Å². The number of pyridine rings is 2. The van der Waals surface area contributed by atoms with E-state index >= 15 is 4.39 Å². The zero-order valence-corrected chi connectivity index (χ0v) is 39.0. The molecule has 3 aromatic carbocycles. The highest BCUT2D eigenvalue weighted by Gasteiger charge is 2.46. The average Bonchev–Trinajstić information content (AvgIpc) is 3.88. The number of amides is 4. The van der Waals surface area contributed by atoms with E-state index in [4.69, 9.17) is 20.2 Å². The number of nitrogens with one attached hydrogen (secondary N) is 4. The first-order valence-electron chi connectivity index (χ1n) is 23.6. The Balaban J connectivity index is 0.860. The first-order valence-corrected chi connectivity index (χ1v) is 23.6. The minimum atomic E-state index is -2.04. The summed E-state index contributed by atoms with van der Waals surface area (Å²) < 4.78 is 27.8. The van der Waals surface area contributed by atoms with Gasteiger partial charge in [0.25, 0.3) is 5.56 Å². The minimum absolute atomic E-state index is 0.0364. The smallest absolute Gasteiger partial charge is 0.407 e. The second kappa shape index (κ2) is 18.8. The molecule has 2 aromatic heterocycles. The summed E-state index contributed by atoms with van der Waals surface area (Å²) in [5.41, 5.74) is 11.9. The van der Waals surface area contributed by atoms with E-state index in [1.165, 1.54) is 10.6 Å². The lowest BCUT2D eigenvalue weighted by Crippen LogP contribution is -2.54. The van der Waals surface area contributed by atoms with Gasteiger partial charge in [-0.15, -0.1) is 0 Å². The van der Waals surface area contributed by atoms with Crippen molar-refractivity contribution in [3.8, 4) is 22.5 Å². The lowest BCUT2D eigenvalue weighted by molar-refractivity contribution is -0.172. The van der Waals surface area contributed by atoms with Crippen LogP contribution in [-0.4, -0.2) is 76.2 Å². The van der Waals surface area contributed by atoms with Crippen LogP contribution in [0, 0.1) is 18.7 Å². The Bertz CT molecular complexity index is 2960. The van der Waals surface area contributed by atoms with Crippen molar-refractivity contribution in [2.24, 2.45) is 11.7 Å². The van der Waals surface area contributed by atoms with Crippen LogP contribution in [0.1, 0.15) is 109 Å². The molecule has 4 amide bonds. The zero-order valence-electron chi connectivity index (χ0n) is 39.0. The molecule has 5 aromatic rings. The Morgan fingerprint density at radius 3 is 2.39 bits per heavy atom. The van der Waals surface area contributed by atoms with Crippen LogP contribution in [0.4, 0.5) is 9.18 Å². The molecule has 0 saturated carbocycles. The van der Waals surface area contributed by atoms with Crippen LogP contribution in [0.15, 0.2) is 65.5 Å². The molecule has 2 aliphatic carbocycles. The quantitative estimate of drug-likeness (QED) is 0.0597. The molecule has 4 aliphatic rings. The van der Waals surface area contributed by atoms with Crippen LogP contribution < -0.4 is 32.6 Å². The van der Waals surface area contributed by atoms with Gasteiger partial charge >= 0.3 is 12.1 Å². The molecule has 0 fully saturated rings. The van der Waals surface area contributed by atoms with Gasteiger partial charge in [0.1, 0.15) is 25.1 Å². The molecule has 9 rings (SSSR count). The van der Waals surface area contributed by atoms with Gasteiger partial charge in [-0.05, 0) is 96.4 Å². The number of aromatic nitrogens is 2. The first kappa shape index (κ1) is 47.1. The summed E-state index contributed by atoms with van der Waals surface area (Å²) >= 11 is 0.